The van der Waals surface area contributed by atoms with Gasteiger partial charge in [0.15, 0.2) is 0 Å². The Morgan fingerprint density at radius 2 is 2.15 bits per heavy atom. The first-order valence-electron chi connectivity index (χ1n) is 7.69. The zero-order valence-electron chi connectivity index (χ0n) is 12.5. The van der Waals surface area contributed by atoms with Crippen LogP contribution >= 0.6 is 0 Å². The predicted molar refractivity (Wildman–Crippen MR) is 82.0 cm³/mol. The van der Waals surface area contributed by atoms with Crippen LogP contribution < -0.4 is 10.6 Å². The van der Waals surface area contributed by atoms with Crippen molar-refractivity contribution in [3.05, 3.63) is 23.4 Å². The van der Waals surface area contributed by atoms with E-state index in [-0.39, 0.29) is 5.91 Å². The molecule has 1 aliphatic rings. The van der Waals surface area contributed by atoms with Gasteiger partial charge in [-0.15, -0.1) is 0 Å². The average Bonchev–Trinajstić information content (AvgIpc) is 3.24. The minimum absolute atomic E-state index is 0.00541. The normalized spacial score (nSPS) is 14.1. The standard InChI is InChI=1S/C16H25N3O/c1-3-8-17-15-11-14(10-12(2)19-15)16(20)18-9-4-5-13-6-7-13/h10-11,13H,3-9H2,1-2H3,(H,17,19)(H,18,20). The van der Waals surface area contributed by atoms with Gasteiger partial charge in [-0.05, 0) is 44.2 Å². The zero-order valence-corrected chi connectivity index (χ0v) is 12.5. The van der Waals surface area contributed by atoms with Crippen molar-refractivity contribution in [1.29, 1.82) is 0 Å². The maximum absolute atomic E-state index is 12.1. The van der Waals surface area contributed by atoms with Gasteiger partial charge in [-0.2, -0.15) is 0 Å². The summed E-state index contributed by atoms with van der Waals surface area (Å²) in [6.07, 6.45) is 6.13. The number of amides is 1. The Morgan fingerprint density at radius 1 is 1.35 bits per heavy atom. The van der Waals surface area contributed by atoms with E-state index in [1.54, 1.807) is 0 Å². The lowest BCUT2D eigenvalue weighted by Crippen LogP contribution is -2.25. The van der Waals surface area contributed by atoms with Crippen molar-refractivity contribution in [2.45, 2.75) is 46.0 Å². The van der Waals surface area contributed by atoms with Crippen LogP contribution in [0.2, 0.25) is 0 Å². The van der Waals surface area contributed by atoms with Gasteiger partial charge in [-0.3, -0.25) is 4.79 Å². The topological polar surface area (TPSA) is 54.0 Å². The number of aromatic nitrogens is 1. The average molecular weight is 275 g/mol. The first-order valence-corrected chi connectivity index (χ1v) is 7.69. The number of hydrogen-bond acceptors (Lipinski definition) is 3. The van der Waals surface area contributed by atoms with Gasteiger partial charge in [0.05, 0.1) is 0 Å². The van der Waals surface area contributed by atoms with Crippen LogP contribution in [0, 0.1) is 12.8 Å². The van der Waals surface area contributed by atoms with E-state index in [0.29, 0.717) is 5.56 Å². The van der Waals surface area contributed by atoms with Gasteiger partial charge in [0.2, 0.25) is 0 Å². The maximum atomic E-state index is 12.1. The van der Waals surface area contributed by atoms with Crippen LogP contribution in [0.25, 0.3) is 0 Å². The third-order valence-corrected chi connectivity index (χ3v) is 3.54. The van der Waals surface area contributed by atoms with Gasteiger partial charge >= 0.3 is 0 Å². The van der Waals surface area contributed by atoms with Crippen molar-refractivity contribution in [2.75, 3.05) is 18.4 Å². The summed E-state index contributed by atoms with van der Waals surface area (Å²) < 4.78 is 0. The second-order valence-electron chi connectivity index (χ2n) is 5.65. The summed E-state index contributed by atoms with van der Waals surface area (Å²) in [6.45, 7) is 5.67. The molecule has 0 saturated heterocycles. The van der Waals surface area contributed by atoms with Gasteiger partial charge in [-0.25, -0.2) is 4.98 Å². The van der Waals surface area contributed by atoms with Crippen LogP contribution in [0.3, 0.4) is 0 Å². The molecule has 0 spiro atoms. The highest BCUT2D eigenvalue weighted by Gasteiger charge is 2.20. The predicted octanol–water partition coefficient (Wildman–Crippen LogP) is 3.13. The molecule has 110 valence electrons. The summed E-state index contributed by atoms with van der Waals surface area (Å²) in [5.41, 5.74) is 1.57. The molecule has 0 atom stereocenters. The molecule has 0 bridgehead atoms. The van der Waals surface area contributed by atoms with Crippen molar-refractivity contribution in [3.8, 4) is 0 Å². The fourth-order valence-corrected chi connectivity index (χ4v) is 2.24. The molecule has 1 aliphatic carbocycles. The van der Waals surface area contributed by atoms with E-state index in [1.165, 1.54) is 19.3 Å². The second-order valence-corrected chi connectivity index (χ2v) is 5.65. The number of anilines is 1. The highest BCUT2D eigenvalue weighted by molar-refractivity contribution is 5.94. The minimum atomic E-state index is 0.00541. The first kappa shape index (κ1) is 14.8. The molecule has 0 radical (unpaired) electrons. The number of rotatable bonds is 8. The molecule has 1 aromatic rings. The fraction of sp³-hybridized carbons (Fsp3) is 0.625. The smallest absolute Gasteiger partial charge is 0.251 e. The van der Waals surface area contributed by atoms with Crippen molar-refractivity contribution in [3.63, 3.8) is 0 Å². The molecule has 20 heavy (non-hydrogen) atoms. The van der Waals surface area contributed by atoms with E-state index < -0.39 is 0 Å². The van der Waals surface area contributed by atoms with Crippen LogP contribution in [0.5, 0.6) is 0 Å². The van der Waals surface area contributed by atoms with E-state index in [2.05, 4.69) is 22.5 Å². The van der Waals surface area contributed by atoms with Crippen LogP contribution in [-0.2, 0) is 0 Å². The molecule has 1 saturated carbocycles. The third-order valence-electron chi connectivity index (χ3n) is 3.54. The summed E-state index contributed by atoms with van der Waals surface area (Å²) in [5.74, 6) is 1.72. The quantitative estimate of drug-likeness (QED) is 0.717. The molecule has 1 amide bonds. The fourth-order valence-electron chi connectivity index (χ4n) is 2.24. The first-order chi connectivity index (χ1) is 9.69. The van der Waals surface area contributed by atoms with Crippen LogP contribution in [0.4, 0.5) is 5.82 Å². The van der Waals surface area contributed by atoms with Crippen molar-refractivity contribution >= 4 is 11.7 Å². The zero-order chi connectivity index (χ0) is 14.4. The third kappa shape index (κ3) is 4.83. The van der Waals surface area contributed by atoms with Gasteiger partial charge < -0.3 is 10.6 Å². The molecule has 1 aromatic heterocycles. The number of nitrogens with zero attached hydrogens (tertiary/aromatic N) is 1. The lowest BCUT2D eigenvalue weighted by Gasteiger charge is -2.09. The van der Waals surface area contributed by atoms with Crippen molar-refractivity contribution < 1.29 is 4.79 Å². The van der Waals surface area contributed by atoms with Crippen LogP contribution in [0.1, 0.15) is 55.1 Å². The Hall–Kier alpha value is -1.58. The Balaban J connectivity index is 1.84. The summed E-state index contributed by atoms with van der Waals surface area (Å²) in [6, 6.07) is 3.67. The molecule has 4 nitrogen and oxygen atoms in total. The number of nitrogens with one attached hydrogen (secondary N) is 2. The molecular formula is C16H25N3O. The van der Waals surface area contributed by atoms with Crippen LogP contribution in [-0.4, -0.2) is 24.0 Å². The number of pyridine rings is 1. The summed E-state index contributed by atoms with van der Waals surface area (Å²) in [4.78, 5) is 16.5. The van der Waals surface area contributed by atoms with Crippen molar-refractivity contribution in [1.82, 2.24) is 10.3 Å². The van der Waals surface area contributed by atoms with Gasteiger partial charge in [-0.1, -0.05) is 19.8 Å². The Bertz CT molecular complexity index is 455. The molecule has 0 unspecified atom stereocenters. The highest BCUT2D eigenvalue weighted by Crippen LogP contribution is 2.33. The molecule has 0 aromatic carbocycles. The van der Waals surface area contributed by atoms with E-state index in [4.69, 9.17) is 0 Å². The molecule has 4 heteroatoms. The Labute approximate surface area is 121 Å². The lowest BCUT2D eigenvalue weighted by molar-refractivity contribution is 0.0952. The lowest BCUT2D eigenvalue weighted by atomic mass is 10.2. The highest BCUT2D eigenvalue weighted by atomic mass is 16.1. The van der Waals surface area contributed by atoms with E-state index in [9.17, 15) is 4.79 Å². The number of carbonyl (C=O) groups excluding carboxylic acids is 1. The van der Waals surface area contributed by atoms with Gasteiger partial charge in [0.25, 0.3) is 5.91 Å². The van der Waals surface area contributed by atoms with E-state index in [0.717, 1.165) is 43.4 Å². The molecule has 2 rings (SSSR count). The number of hydrogen-bond donors (Lipinski definition) is 2. The largest absolute Gasteiger partial charge is 0.370 e. The Morgan fingerprint density at radius 3 is 2.85 bits per heavy atom. The summed E-state index contributed by atoms with van der Waals surface area (Å²) in [5, 5.41) is 6.23. The molecule has 2 N–H and O–H groups in total. The van der Waals surface area contributed by atoms with E-state index >= 15 is 0 Å². The molecule has 1 heterocycles. The van der Waals surface area contributed by atoms with Gasteiger partial charge in [0.1, 0.15) is 5.82 Å². The molecule has 1 fully saturated rings. The Kier molecular flexibility index (Phi) is 5.39. The monoisotopic (exact) mass is 275 g/mol. The molecule has 0 aliphatic heterocycles. The van der Waals surface area contributed by atoms with E-state index in [1.807, 2.05) is 19.1 Å². The van der Waals surface area contributed by atoms with Gasteiger partial charge in [0, 0.05) is 24.3 Å². The summed E-state index contributed by atoms with van der Waals surface area (Å²) >= 11 is 0. The summed E-state index contributed by atoms with van der Waals surface area (Å²) in [7, 11) is 0. The second kappa shape index (κ2) is 7.27. The van der Waals surface area contributed by atoms with Crippen LogP contribution in [0.15, 0.2) is 12.1 Å². The maximum Gasteiger partial charge on any atom is 0.251 e. The minimum Gasteiger partial charge on any atom is -0.370 e. The molecular weight excluding hydrogens is 250 g/mol. The SMILES string of the molecule is CCCNc1cc(C(=O)NCCCC2CC2)cc(C)n1. The number of aryl methyl sites for hydroxylation is 1. The number of carbonyl (C=O) groups is 1. The van der Waals surface area contributed by atoms with Crippen molar-refractivity contribution in [2.24, 2.45) is 5.92 Å².